The van der Waals surface area contributed by atoms with Crippen LogP contribution in [0.5, 0.6) is 11.5 Å². The first-order valence-electron chi connectivity index (χ1n) is 5.60. The van der Waals surface area contributed by atoms with Gasteiger partial charge in [-0.2, -0.15) is 0 Å². The molecular weight excluding hydrogens is 248 g/mol. The van der Waals surface area contributed by atoms with Crippen molar-refractivity contribution >= 4 is 11.3 Å². The largest absolute Gasteiger partial charge is 0.493 e. The summed E-state index contributed by atoms with van der Waals surface area (Å²) >= 11 is 1.57. The van der Waals surface area contributed by atoms with Gasteiger partial charge in [-0.25, -0.2) is 4.98 Å². The zero-order chi connectivity index (χ0) is 13.1. The minimum Gasteiger partial charge on any atom is -0.493 e. The van der Waals surface area contributed by atoms with Crippen molar-refractivity contribution in [1.29, 1.82) is 0 Å². The maximum absolute atomic E-state index is 5.85. The van der Waals surface area contributed by atoms with E-state index in [1.54, 1.807) is 25.6 Å². The van der Waals surface area contributed by atoms with Crippen molar-refractivity contribution in [2.45, 2.75) is 13.0 Å². The molecule has 5 heteroatoms. The fourth-order valence-corrected chi connectivity index (χ4v) is 2.57. The molecule has 96 valence electrons. The van der Waals surface area contributed by atoms with E-state index in [-0.39, 0.29) is 6.04 Å². The Morgan fingerprint density at radius 1 is 1.28 bits per heavy atom. The summed E-state index contributed by atoms with van der Waals surface area (Å²) in [4.78, 5) is 5.45. The van der Waals surface area contributed by atoms with Gasteiger partial charge in [0.15, 0.2) is 11.5 Å². The van der Waals surface area contributed by atoms with Crippen LogP contribution in [-0.4, -0.2) is 19.2 Å². The summed E-state index contributed by atoms with van der Waals surface area (Å²) in [5.74, 6) is 1.40. The molecule has 4 nitrogen and oxygen atoms in total. The number of ether oxygens (including phenoxy) is 2. The summed E-state index contributed by atoms with van der Waals surface area (Å²) in [7, 11) is 3.25. The van der Waals surface area contributed by atoms with Gasteiger partial charge in [0.25, 0.3) is 0 Å². The zero-order valence-corrected chi connectivity index (χ0v) is 11.5. The Hall–Kier alpha value is -1.59. The molecule has 0 bridgehead atoms. The highest BCUT2D eigenvalue weighted by Gasteiger charge is 2.15. The number of rotatable bonds is 4. The van der Waals surface area contributed by atoms with Crippen molar-refractivity contribution in [3.8, 4) is 22.1 Å². The highest BCUT2D eigenvalue weighted by molar-refractivity contribution is 7.15. The second kappa shape index (κ2) is 5.37. The van der Waals surface area contributed by atoms with Crippen LogP contribution in [0.2, 0.25) is 0 Å². The van der Waals surface area contributed by atoms with Crippen LogP contribution in [0.25, 0.3) is 10.6 Å². The molecule has 1 heterocycles. The molecule has 2 rings (SSSR count). The topological polar surface area (TPSA) is 57.4 Å². The lowest BCUT2D eigenvalue weighted by Gasteiger charge is -2.10. The molecule has 1 unspecified atom stereocenters. The van der Waals surface area contributed by atoms with Gasteiger partial charge in [0.2, 0.25) is 0 Å². The van der Waals surface area contributed by atoms with E-state index in [1.165, 1.54) is 0 Å². The van der Waals surface area contributed by atoms with Crippen LogP contribution in [0.4, 0.5) is 0 Å². The zero-order valence-electron chi connectivity index (χ0n) is 10.6. The number of hydrogen-bond donors (Lipinski definition) is 1. The van der Waals surface area contributed by atoms with Gasteiger partial charge in [-0.3, -0.25) is 0 Å². The summed E-state index contributed by atoms with van der Waals surface area (Å²) in [6.07, 6.45) is 1.81. The Kier molecular flexibility index (Phi) is 3.84. The highest BCUT2D eigenvalue weighted by atomic mass is 32.1. The lowest BCUT2D eigenvalue weighted by atomic mass is 10.2. The molecule has 0 spiro atoms. The first-order chi connectivity index (χ1) is 8.67. The Morgan fingerprint density at radius 3 is 2.61 bits per heavy atom. The third-order valence-electron chi connectivity index (χ3n) is 2.61. The van der Waals surface area contributed by atoms with Gasteiger partial charge in [-0.15, -0.1) is 11.3 Å². The normalized spacial score (nSPS) is 12.2. The molecule has 18 heavy (non-hydrogen) atoms. The van der Waals surface area contributed by atoms with E-state index in [1.807, 2.05) is 31.3 Å². The number of nitrogens with zero attached hydrogens (tertiary/aromatic N) is 1. The van der Waals surface area contributed by atoms with Crippen molar-refractivity contribution < 1.29 is 9.47 Å². The van der Waals surface area contributed by atoms with Gasteiger partial charge in [0, 0.05) is 17.1 Å². The van der Waals surface area contributed by atoms with Crippen LogP contribution >= 0.6 is 11.3 Å². The van der Waals surface area contributed by atoms with Crippen LogP contribution in [-0.2, 0) is 0 Å². The third-order valence-corrected chi connectivity index (χ3v) is 3.84. The van der Waals surface area contributed by atoms with Crippen LogP contribution in [0, 0.1) is 0 Å². The molecule has 1 aromatic carbocycles. The molecule has 0 aliphatic heterocycles. The molecule has 2 aromatic rings. The number of methoxy groups -OCH3 is 2. The van der Waals surface area contributed by atoms with E-state index in [9.17, 15) is 0 Å². The fraction of sp³-hybridized carbons (Fsp3) is 0.308. The van der Waals surface area contributed by atoms with Crippen LogP contribution in [0.3, 0.4) is 0 Å². The number of para-hydroxylation sites is 1. The van der Waals surface area contributed by atoms with E-state index in [0.717, 1.165) is 15.4 Å². The maximum Gasteiger partial charge on any atom is 0.170 e. The summed E-state index contributed by atoms with van der Waals surface area (Å²) < 4.78 is 10.7. The van der Waals surface area contributed by atoms with Gasteiger partial charge in [-0.05, 0) is 19.1 Å². The standard InChI is InChI=1S/C13H16N2O2S/c1-8(14)11-7-15-13(18-11)9-5-4-6-10(16-2)12(9)17-3/h4-8H,14H2,1-3H3. The van der Waals surface area contributed by atoms with Crippen molar-refractivity contribution in [3.05, 3.63) is 29.3 Å². The third kappa shape index (κ3) is 2.32. The van der Waals surface area contributed by atoms with Gasteiger partial charge in [0.1, 0.15) is 5.01 Å². The quantitative estimate of drug-likeness (QED) is 0.922. The van der Waals surface area contributed by atoms with Crippen LogP contribution in [0.1, 0.15) is 17.8 Å². The molecule has 0 aliphatic rings. The predicted octanol–water partition coefficient (Wildman–Crippen LogP) is 2.85. The minimum atomic E-state index is -0.00662. The van der Waals surface area contributed by atoms with Gasteiger partial charge < -0.3 is 15.2 Å². The fourth-order valence-electron chi connectivity index (χ4n) is 1.68. The number of thiazole rings is 1. The van der Waals surface area contributed by atoms with Gasteiger partial charge in [0.05, 0.1) is 19.8 Å². The molecule has 0 fully saturated rings. The van der Waals surface area contributed by atoms with Crippen molar-refractivity contribution in [1.82, 2.24) is 4.98 Å². The predicted molar refractivity (Wildman–Crippen MR) is 73.3 cm³/mol. The number of hydrogen-bond acceptors (Lipinski definition) is 5. The summed E-state index contributed by atoms with van der Waals surface area (Å²) in [6, 6.07) is 5.74. The molecule has 0 saturated carbocycles. The summed E-state index contributed by atoms with van der Waals surface area (Å²) in [6.45, 7) is 1.94. The molecule has 0 radical (unpaired) electrons. The molecule has 0 saturated heterocycles. The van der Waals surface area contributed by atoms with E-state index >= 15 is 0 Å². The molecule has 1 atom stereocenters. The smallest absolute Gasteiger partial charge is 0.170 e. The average molecular weight is 264 g/mol. The second-order valence-corrected chi connectivity index (χ2v) is 4.96. The molecular formula is C13H16N2O2S. The van der Waals surface area contributed by atoms with Gasteiger partial charge >= 0.3 is 0 Å². The maximum atomic E-state index is 5.85. The minimum absolute atomic E-state index is 0.00662. The van der Waals surface area contributed by atoms with Crippen molar-refractivity contribution in [2.75, 3.05) is 14.2 Å². The van der Waals surface area contributed by atoms with Crippen molar-refractivity contribution in [3.63, 3.8) is 0 Å². The summed E-state index contributed by atoms with van der Waals surface area (Å²) in [5, 5.41) is 0.887. The lowest BCUT2D eigenvalue weighted by molar-refractivity contribution is 0.356. The average Bonchev–Trinajstić information content (AvgIpc) is 2.87. The monoisotopic (exact) mass is 264 g/mol. The Balaban J connectivity index is 2.49. The van der Waals surface area contributed by atoms with E-state index in [4.69, 9.17) is 15.2 Å². The second-order valence-electron chi connectivity index (χ2n) is 3.90. The highest BCUT2D eigenvalue weighted by Crippen LogP contribution is 2.39. The SMILES string of the molecule is COc1cccc(-c2ncc(C(C)N)s2)c1OC. The Morgan fingerprint density at radius 2 is 2.06 bits per heavy atom. The Labute approximate surface area is 110 Å². The first-order valence-corrected chi connectivity index (χ1v) is 6.41. The number of nitrogens with two attached hydrogens (primary N) is 1. The molecule has 2 N–H and O–H groups in total. The molecule has 0 amide bonds. The van der Waals surface area contributed by atoms with Crippen LogP contribution < -0.4 is 15.2 Å². The molecule has 1 aromatic heterocycles. The molecule has 0 aliphatic carbocycles. The summed E-state index contributed by atoms with van der Waals surface area (Å²) in [5.41, 5.74) is 6.77. The lowest BCUT2D eigenvalue weighted by Crippen LogP contribution is -2.01. The van der Waals surface area contributed by atoms with E-state index in [0.29, 0.717) is 11.5 Å². The van der Waals surface area contributed by atoms with E-state index < -0.39 is 0 Å². The number of aromatic nitrogens is 1. The van der Waals surface area contributed by atoms with Crippen molar-refractivity contribution in [2.24, 2.45) is 5.73 Å². The number of benzene rings is 1. The Bertz CT molecular complexity index is 538. The van der Waals surface area contributed by atoms with E-state index in [2.05, 4.69) is 4.98 Å². The van der Waals surface area contributed by atoms with Crippen LogP contribution in [0.15, 0.2) is 24.4 Å². The van der Waals surface area contributed by atoms with Gasteiger partial charge in [-0.1, -0.05) is 6.07 Å². The first kappa shape index (κ1) is 12.9.